The first-order valence-electron chi connectivity index (χ1n) is 12.9. The molecule has 2 aliphatic rings. The van der Waals surface area contributed by atoms with Crippen molar-refractivity contribution in [1.29, 1.82) is 0 Å². The summed E-state index contributed by atoms with van der Waals surface area (Å²) in [6.45, 7) is 4.11. The quantitative estimate of drug-likeness (QED) is 0.216. The van der Waals surface area contributed by atoms with Crippen molar-refractivity contribution in [1.82, 2.24) is 0 Å². The average Bonchev–Trinajstić information content (AvgIpc) is 3.31. The van der Waals surface area contributed by atoms with Gasteiger partial charge in [-0.05, 0) is 70.6 Å². The Labute approximate surface area is 225 Å². The normalized spacial score (nSPS) is 10.5. The molecule has 178 valence electrons. The van der Waals surface area contributed by atoms with Crippen molar-refractivity contribution in [3.05, 3.63) is 144 Å². The Morgan fingerprint density at radius 2 is 1.05 bits per heavy atom. The van der Waals surface area contributed by atoms with E-state index < -0.39 is 0 Å². The van der Waals surface area contributed by atoms with Gasteiger partial charge in [0, 0.05) is 27.8 Å². The van der Waals surface area contributed by atoms with Gasteiger partial charge in [0.25, 0.3) is 0 Å². The van der Waals surface area contributed by atoms with E-state index in [2.05, 4.69) is 134 Å². The van der Waals surface area contributed by atoms with E-state index in [4.69, 9.17) is 0 Å². The van der Waals surface area contributed by atoms with Crippen molar-refractivity contribution in [2.45, 2.75) is 13.8 Å². The van der Waals surface area contributed by atoms with Crippen LogP contribution in [-0.2, 0) is 0 Å². The molecule has 0 atom stereocenters. The zero-order chi connectivity index (χ0) is 25.9. The Hall–Kier alpha value is -5.04. The molecule has 0 heteroatoms. The molecule has 0 nitrogen and oxygen atoms in total. The van der Waals surface area contributed by atoms with Crippen molar-refractivity contribution in [2.75, 3.05) is 0 Å². The van der Waals surface area contributed by atoms with Gasteiger partial charge in [0.2, 0.25) is 0 Å². The third-order valence-electron chi connectivity index (χ3n) is 7.07. The van der Waals surface area contributed by atoms with Crippen molar-refractivity contribution in [3.63, 3.8) is 0 Å². The van der Waals surface area contributed by atoms with Crippen LogP contribution in [0, 0.1) is 30.6 Å². The fraction of sp³-hybridized carbons (Fsp3) is 0.0526. The lowest BCUT2D eigenvalue weighted by Gasteiger charge is -2.09. The molecule has 4 aromatic rings. The van der Waals surface area contributed by atoms with Crippen LogP contribution in [0.5, 0.6) is 0 Å². The predicted molar refractivity (Wildman–Crippen MR) is 161 cm³/mol. The number of hydrogen-bond acceptors (Lipinski definition) is 0. The standard InChI is InChI=1S/C38H26/c1-3-15-32-27(2)31-22-13-14-23-33(31)38-34(25-24-28-16-7-4-8-17-28)35(29-18-9-5-10-19-29)26-36(38)37(32)30-20-11-6-12-21-30/h4-14,16-23,26H,1-2H3. The molecule has 6 rings (SSSR count). The van der Waals surface area contributed by atoms with Crippen LogP contribution >= 0.6 is 0 Å². The highest BCUT2D eigenvalue weighted by Crippen LogP contribution is 2.48. The molecule has 0 aromatic heterocycles. The number of aryl methyl sites for hydroxylation is 1. The van der Waals surface area contributed by atoms with Gasteiger partial charge in [-0.25, -0.2) is 0 Å². The zero-order valence-corrected chi connectivity index (χ0v) is 21.5. The molecule has 0 saturated heterocycles. The lowest BCUT2D eigenvalue weighted by Crippen LogP contribution is -1.88. The first-order valence-corrected chi connectivity index (χ1v) is 12.9. The van der Waals surface area contributed by atoms with Crippen LogP contribution in [0.1, 0.15) is 29.2 Å². The number of benzene rings is 4. The maximum absolute atomic E-state index is 3.62. The second kappa shape index (κ2) is 10.1. The minimum absolute atomic E-state index is 1.00. The van der Waals surface area contributed by atoms with E-state index in [-0.39, 0.29) is 0 Å². The van der Waals surface area contributed by atoms with Gasteiger partial charge in [-0.2, -0.15) is 0 Å². The summed E-state index contributed by atoms with van der Waals surface area (Å²) < 4.78 is 0. The zero-order valence-electron chi connectivity index (χ0n) is 21.5. The maximum Gasteiger partial charge on any atom is 0.0412 e. The molecule has 0 unspecified atom stereocenters. The fourth-order valence-electron chi connectivity index (χ4n) is 5.34. The van der Waals surface area contributed by atoms with Crippen molar-refractivity contribution in [2.24, 2.45) is 0 Å². The molecule has 0 bridgehead atoms. The highest BCUT2D eigenvalue weighted by Gasteiger charge is 2.25. The van der Waals surface area contributed by atoms with Crippen molar-refractivity contribution in [3.8, 4) is 57.1 Å². The minimum Gasteiger partial charge on any atom is -0.101 e. The van der Waals surface area contributed by atoms with E-state index in [0.29, 0.717) is 0 Å². The van der Waals surface area contributed by atoms with Crippen LogP contribution < -0.4 is 0 Å². The van der Waals surface area contributed by atoms with Crippen molar-refractivity contribution >= 4 is 10.8 Å². The second-order valence-electron chi connectivity index (χ2n) is 9.37. The van der Waals surface area contributed by atoms with Gasteiger partial charge in [-0.3, -0.25) is 0 Å². The van der Waals surface area contributed by atoms with Crippen LogP contribution in [0.15, 0.2) is 121 Å². The van der Waals surface area contributed by atoms with Gasteiger partial charge in [0.15, 0.2) is 0 Å². The summed E-state index contributed by atoms with van der Waals surface area (Å²) in [5, 5.41) is 2.39. The van der Waals surface area contributed by atoms with E-state index in [1.807, 2.05) is 25.1 Å². The van der Waals surface area contributed by atoms with E-state index >= 15 is 0 Å². The summed E-state index contributed by atoms with van der Waals surface area (Å²) in [6, 6.07) is 42.4. The van der Waals surface area contributed by atoms with Gasteiger partial charge < -0.3 is 0 Å². The summed E-state index contributed by atoms with van der Waals surface area (Å²) in [5.74, 6) is 13.8. The summed E-state index contributed by atoms with van der Waals surface area (Å²) in [7, 11) is 0. The van der Waals surface area contributed by atoms with Crippen LogP contribution in [0.4, 0.5) is 0 Å². The van der Waals surface area contributed by atoms with Crippen LogP contribution in [0.25, 0.3) is 44.2 Å². The Morgan fingerprint density at radius 3 is 1.71 bits per heavy atom. The lowest BCUT2D eigenvalue weighted by molar-refractivity contribution is 1.50. The van der Waals surface area contributed by atoms with E-state index in [1.54, 1.807) is 0 Å². The smallest absolute Gasteiger partial charge is 0.0412 e. The molecule has 2 aliphatic carbocycles. The Balaban J connectivity index is 1.84. The molecule has 0 heterocycles. The summed E-state index contributed by atoms with van der Waals surface area (Å²) in [6.07, 6.45) is 0. The number of hydrogen-bond donors (Lipinski definition) is 0. The van der Waals surface area contributed by atoms with E-state index in [0.717, 1.165) is 38.9 Å². The highest BCUT2D eigenvalue weighted by atomic mass is 14.3. The highest BCUT2D eigenvalue weighted by molar-refractivity contribution is 6.10. The third-order valence-corrected chi connectivity index (χ3v) is 7.07. The molecular formula is C38H26. The molecule has 0 spiro atoms. The first-order chi connectivity index (χ1) is 18.8. The van der Waals surface area contributed by atoms with Crippen LogP contribution in [0.3, 0.4) is 0 Å². The van der Waals surface area contributed by atoms with Gasteiger partial charge in [0.05, 0.1) is 0 Å². The molecule has 0 saturated carbocycles. The van der Waals surface area contributed by atoms with Crippen LogP contribution in [0.2, 0.25) is 0 Å². The molecule has 0 amide bonds. The Bertz CT molecular complexity index is 1850. The topological polar surface area (TPSA) is 0 Å². The van der Waals surface area contributed by atoms with E-state index in [9.17, 15) is 0 Å². The van der Waals surface area contributed by atoms with Gasteiger partial charge in [-0.1, -0.05) is 121 Å². The lowest BCUT2D eigenvalue weighted by atomic mass is 9.93. The number of fused-ring (bicyclic) bond motifs is 3. The Morgan fingerprint density at radius 1 is 0.474 bits per heavy atom. The van der Waals surface area contributed by atoms with Gasteiger partial charge in [0.1, 0.15) is 0 Å². The van der Waals surface area contributed by atoms with Crippen molar-refractivity contribution < 1.29 is 0 Å². The Kier molecular flexibility index (Phi) is 6.24. The first kappa shape index (κ1) is 23.4. The molecule has 38 heavy (non-hydrogen) atoms. The van der Waals surface area contributed by atoms with Gasteiger partial charge in [-0.15, -0.1) is 5.92 Å². The SMILES string of the molecule is CC#Cc1c(-c2ccccc2)c2cc(-c3ccccc3)c(C#Cc3ccccc3)c-2c2ccccc2c1C. The monoisotopic (exact) mass is 482 g/mol. The summed E-state index contributed by atoms with van der Waals surface area (Å²) in [5.41, 5.74) is 11.3. The maximum atomic E-state index is 3.62. The molecule has 4 aromatic carbocycles. The molecule has 0 radical (unpaired) electrons. The summed E-state index contributed by atoms with van der Waals surface area (Å²) >= 11 is 0. The molecule has 0 N–H and O–H groups in total. The fourth-order valence-corrected chi connectivity index (χ4v) is 5.34. The molecule has 0 fully saturated rings. The predicted octanol–water partition coefficient (Wildman–Crippen LogP) is 9.36. The molecule has 0 aliphatic heterocycles. The second-order valence-corrected chi connectivity index (χ2v) is 9.37. The average molecular weight is 483 g/mol. The third kappa shape index (κ3) is 4.14. The van der Waals surface area contributed by atoms with Crippen LogP contribution in [-0.4, -0.2) is 0 Å². The summed E-state index contributed by atoms with van der Waals surface area (Å²) in [4.78, 5) is 0. The molecular weight excluding hydrogens is 456 g/mol. The minimum atomic E-state index is 1.00. The van der Waals surface area contributed by atoms with Gasteiger partial charge >= 0.3 is 0 Å². The largest absolute Gasteiger partial charge is 0.101 e. The van der Waals surface area contributed by atoms with E-state index in [1.165, 1.54) is 27.5 Å². The number of rotatable bonds is 2.